The number of anilines is 3. The molecule has 146 valence electrons. The van der Waals surface area contributed by atoms with Gasteiger partial charge in [-0.1, -0.05) is 30.3 Å². The van der Waals surface area contributed by atoms with Gasteiger partial charge in [0.2, 0.25) is 5.95 Å². The van der Waals surface area contributed by atoms with E-state index in [1.807, 2.05) is 24.3 Å². The quantitative estimate of drug-likeness (QED) is 0.496. The molecule has 1 aliphatic rings. The molecule has 1 atom stereocenters. The number of H-pyrrole nitrogens is 1. The van der Waals surface area contributed by atoms with E-state index in [0.29, 0.717) is 18.0 Å². The summed E-state index contributed by atoms with van der Waals surface area (Å²) < 4.78 is 13.3. The van der Waals surface area contributed by atoms with Gasteiger partial charge in [0.1, 0.15) is 11.6 Å². The monoisotopic (exact) mass is 389 g/mol. The van der Waals surface area contributed by atoms with E-state index < -0.39 is 0 Å². The van der Waals surface area contributed by atoms with E-state index in [4.69, 9.17) is 5.73 Å². The van der Waals surface area contributed by atoms with Crippen LogP contribution in [0.2, 0.25) is 0 Å². The molecular weight excluding hydrogens is 369 g/mol. The molecule has 0 saturated heterocycles. The summed E-state index contributed by atoms with van der Waals surface area (Å²) in [5, 5.41) is 11.2. The number of rotatable bonds is 4. The number of fused-ring (bicyclic) bond motifs is 2. The molecule has 0 spiro atoms. The van der Waals surface area contributed by atoms with Gasteiger partial charge in [0.15, 0.2) is 5.65 Å². The first-order valence-corrected chi connectivity index (χ1v) is 9.46. The number of para-hydroxylation sites is 1. The Morgan fingerprint density at radius 3 is 2.83 bits per heavy atom. The average Bonchev–Trinajstić information content (AvgIpc) is 3.18. The summed E-state index contributed by atoms with van der Waals surface area (Å²) in [4.78, 5) is 10.9. The molecule has 0 bridgehead atoms. The van der Waals surface area contributed by atoms with Crippen molar-refractivity contribution in [2.75, 3.05) is 22.5 Å². The van der Waals surface area contributed by atoms with Crippen LogP contribution in [-0.2, 0) is 13.0 Å². The Kier molecular flexibility index (Phi) is 4.23. The number of hydrogen-bond donors (Lipinski definition) is 3. The lowest BCUT2D eigenvalue weighted by molar-refractivity contribution is 0.619. The van der Waals surface area contributed by atoms with Crippen LogP contribution >= 0.6 is 0 Å². The van der Waals surface area contributed by atoms with Crippen LogP contribution in [0.5, 0.6) is 0 Å². The van der Waals surface area contributed by atoms with Crippen molar-refractivity contribution in [1.29, 1.82) is 0 Å². The zero-order chi connectivity index (χ0) is 19.8. The second-order valence-corrected chi connectivity index (χ2v) is 7.24. The van der Waals surface area contributed by atoms with Crippen molar-refractivity contribution in [3.8, 4) is 0 Å². The first kappa shape index (κ1) is 17.4. The van der Waals surface area contributed by atoms with Crippen LogP contribution in [0.15, 0.2) is 54.7 Å². The zero-order valence-electron chi connectivity index (χ0n) is 15.6. The third-order valence-corrected chi connectivity index (χ3v) is 5.19. The first-order valence-electron chi connectivity index (χ1n) is 9.46. The molecule has 2 aromatic carbocycles. The highest BCUT2D eigenvalue weighted by atomic mass is 19.1. The molecule has 5 rings (SSSR count). The summed E-state index contributed by atoms with van der Waals surface area (Å²) in [6.07, 6.45) is 2.56. The lowest BCUT2D eigenvalue weighted by Gasteiger charge is -2.37. The Balaban J connectivity index is 1.44. The predicted octanol–water partition coefficient (Wildman–Crippen LogP) is 3.12. The fraction of sp³-hybridized carbons (Fsp3) is 0.190. The Bertz CT molecular complexity index is 1160. The van der Waals surface area contributed by atoms with Gasteiger partial charge in [-0.25, -0.2) is 4.39 Å². The molecule has 3 heterocycles. The third kappa shape index (κ3) is 3.44. The van der Waals surface area contributed by atoms with Gasteiger partial charge in [-0.15, -0.1) is 0 Å². The second kappa shape index (κ2) is 7.05. The summed E-state index contributed by atoms with van der Waals surface area (Å²) in [6.45, 7) is 1.47. The van der Waals surface area contributed by atoms with E-state index in [2.05, 4.69) is 42.5 Å². The number of nitrogens with two attached hydrogens (primary N) is 1. The van der Waals surface area contributed by atoms with Gasteiger partial charge in [-0.3, -0.25) is 5.10 Å². The fourth-order valence-corrected chi connectivity index (χ4v) is 3.90. The number of nitrogens with zero attached hydrogens (tertiary/aromatic N) is 4. The lowest BCUT2D eigenvalue weighted by atomic mass is 9.97. The van der Waals surface area contributed by atoms with Crippen molar-refractivity contribution in [2.45, 2.75) is 19.0 Å². The third-order valence-electron chi connectivity index (χ3n) is 5.19. The van der Waals surface area contributed by atoms with Gasteiger partial charge in [-0.2, -0.15) is 15.1 Å². The average molecular weight is 389 g/mol. The molecule has 2 aromatic heterocycles. The van der Waals surface area contributed by atoms with E-state index in [9.17, 15) is 4.39 Å². The predicted molar refractivity (Wildman–Crippen MR) is 111 cm³/mol. The smallest absolute Gasteiger partial charge is 0.224 e. The number of benzene rings is 2. The van der Waals surface area contributed by atoms with Crippen molar-refractivity contribution < 1.29 is 4.39 Å². The van der Waals surface area contributed by atoms with Crippen molar-refractivity contribution in [2.24, 2.45) is 0 Å². The van der Waals surface area contributed by atoms with Gasteiger partial charge < -0.3 is 16.0 Å². The number of halogens is 1. The van der Waals surface area contributed by atoms with Crippen LogP contribution in [0.3, 0.4) is 0 Å². The molecule has 4 aromatic rings. The molecule has 8 heteroatoms. The lowest BCUT2D eigenvalue weighted by Crippen LogP contribution is -2.42. The number of nitrogen functional groups attached to an aromatic ring is 1. The second-order valence-electron chi connectivity index (χ2n) is 7.24. The normalized spacial score (nSPS) is 16.0. The molecule has 0 unspecified atom stereocenters. The van der Waals surface area contributed by atoms with Crippen LogP contribution in [0.25, 0.3) is 11.0 Å². The summed E-state index contributed by atoms with van der Waals surface area (Å²) >= 11 is 0. The Hall–Kier alpha value is -3.68. The van der Waals surface area contributed by atoms with Crippen LogP contribution in [0, 0.1) is 5.82 Å². The molecule has 0 aliphatic carbocycles. The minimum absolute atomic E-state index is 0.123. The molecule has 0 saturated carbocycles. The fourth-order valence-electron chi connectivity index (χ4n) is 3.90. The zero-order valence-corrected chi connectivity index (χ0v) is 15.6. The standard InChI is InChI=1S/C21H20FN7/c22-15-7-5-13(6-8-15)11-29-12-16(9-14-3-1-2-4-18(14)29)25-19-17-10-24-28-20(17)27-21(23)26-19/h1-8,10,16H,9,11-12H2,(H4,23,24,25,26,27,28)/t16-/m1/s1. The summed E-state index contributed by atoms with van der Waals surface area (Å²) in [5.41, 5.74) is 9.98. The highest BCUT2D eigenvalue weighted by Crippen LogP contribution is 2.30. The molecule has 0 radical (unpaired) electrons. The van der Waals surface area contributed by atoms with E-state index in [1.54, 1.807) is 6.20 Å². The van der Waals surface area contributed by atoms with Crippen molar-refractivity contribution >= 4 is 28.5 Å². The number of aromatic amines is 1. The maximum absolute atomic E-state index is 13.3. The minimum atomic E-state index is -0.224. The van der Waals surface area contributed by atoms with Gasteiger partial charge in [0, 0.05) is 24.8 Å². The van der Waals surface area contributed by atoms with Crippen molar-refractivity contribution in [1.82, 2.24) is 20.2 Å². The Morgan fingerprint density at radius 2 is 1.97 bits per heavy atom. The van der Waals surface area contributed by atoms with E-state index >= 15 is 0 Å². The maximum atomic E-state index is 13.3. The van der Waals surface area contributed by atoms with Crippen molar-refractivity contribution in [3.63, 3.8) is 0 Å². The Labute approximate surface area is 166 Å². The van der Waals surface area contributed by atoms with Gasteiger partial charge in [0.25, 0.3) is 0 Å². The molecule has 29 heavy (non-hydrogen) atoms. The van der Waals surface area contributed by atoms with Crippen LogP contribution in [-0.4, -0.2) is 32.8 Å². The number of aromatic nitrogens is 4. The van der Waals surface area contributed by atoms with Gasteiger partial charge >= 0.3 is 0 Å². The van der Waals surface area contributed by atoms with E-state index in [1.165, 1.54) is 23.4 Å². The van der Waals surface area contributed by atoms with Crippen LogP contribution in [0.1, 0.15) is 11.1 Å². The first-order chi connectivity index (χ1) is 14.2. The van der Waals surface area contributed by atoms with Gasteiger partial charge in [0.05, 0.1) is 11.6 Å². The highest BCUT2D eigenvalue weighted by molar-refractivity contribution is 5.87. The summed E-state index contributed by atoms with van der Waals surface area (Å²) in [6, 6.07) is 15.1. The molecule has 1 aliphatic heterocycles. The van der Waals surface area contributed by atoms with Crippen molar-refractivity contribution in [3.05, 3.63) is 71.7 Å². The van der Waals surface area contributed by atoms with Crippen LogP contribution in [0.4, 0.5) is 21.8 Å². The summed E-state index contributed by atoms with van der Waals surface area (Å²) in [7, 11) is 0. The maximum Gasteiger partial charge on any atom is 0.224 e. The topological polar surface area (TPSA) is 95.7 Å². The molecule has 0 fully saturated rings. The highest BCUT2D eigenvalue weighted by Gasteiger charge is 2.25. The molecule has 4 N–H and O–H groups in total. The van der Waals surface area contributed by atoms with E-state index in [0.717, 1.165) is 23.9 Å². The van der Waals surface area contributed by atoms with Crippen LogP contribution < -0.4 is 16.0 Å². The largest absolute Gasteiger partial charge is 0.368 e. The van der Waals surface area contributed by atoms with E-state index in [-0.39, 0.29) is 17.8 Å². The number of nitrogens with one attached hydrogen (secondary N) is 2. The number of hydrogen-bond acceptors (Lipinski definition) is 6. The minimum Gasteiger partial charge on any atom is -0.368 e. The van der Waals surface area contributed by atoms with Gasteiger partial charge in [-0.05, 0) is 35.7 Å². The Morgan fingerprint density at radius 1 is 1.14 bits per heavy atom. The molecular formula is C21H20FN7. The molecule has 0 amide bonds. The summed E-state index contributed by atoms with van der Waals surface area (Å²) in [5.74, 6) is 0.647. The molecule has 7 nitrogen and oxygen atoms in total. The SMILES string of the molecule is Nc1nc(N[C@@H]2Cc3ccccc3N(Cc3ccc(F)cc3)C2)c2cn[nH]c2n1.